The molecule has 1 amide bonds. The largest absolute Gasteiger partial charge is 0.449 e. The molecule has 6 heteroatoms. The van der Waals surface area contributed by atoms with E-state index in [0.717, 1.165) is 43.5 Å². The highest BCUT2D eigenvalue weighted by Gasteiger charge is 2.44. The summed E-state index contributed by atoms with van der Waals surface area (Å²) in [4.78, 5) is 17.2. The highest BCUT2D eigenvalue weighted by Crippen LogP contribution is 2.49. The first-order valence-electron chi connectivity index (χ1n) is 10.8. The van der Waals surface area contributed by atoms with Gasteiger partial charge in [-0.2, -0.15) is 0 Å². The zero-order valence-corrected chi connectivity index (χ0v) is 17.7. The number of hydrogen-bond donors (Lipinski definition) is 0. The normalized spacial score (nSPS) is 27.9. The van der Waals surface area contributed by atoms with Crippen LogP contribution in [-0.2, 0) is 11.2 Å². The van der Waals surface area contributed by atoms with Crippen LogP contribution in [0.5, 0.6) is 0 Å². The molecule has 2 aliphatic heterocycles. The quantitative estimate of drug-likeness (QED) is 0.681. The van der Waals surface area contributed by atoms with Crippen LogP contribution in [0.4, 0.5) is 13.6 Å². The van der Waals surface area contributed by atoms with Gasteiger partial charge in [-0.25, -0.2) is 13.6 Å². The Hall–Kier alpha value is -2.21. The lowest BCUT2D eigenvalue weighted by molar-refractivity contribution is 0.0379. The number of ether oxygens (including phenoxy) is 1. The minimum Gasteiger partial charge on any atom is -0.449 e. The van der Waals surface area contributed by atoms with E-state index in [-0.39, 0.29) is 6.09 Å². The number of carbonyl (C=O) groups is 1. The van der Waals surface area contributed by atoms with Crippen molar-refractivity contribution in [3.63, 3.8) is 0 Å². The molecule has 2 atom stereocenters. The molecule has 1 aromatic carbocycles. The van der Waals surface area contributed by atoms with Crippen molar-refractivity contribution in [2.24, 2.45) is 11.3 Å². The van der Waals surface area contributed by atoms with Gasteiger partial charge in [-0.05, 0) is 75.0 Å². The zero-order chi connectivity index (χ0) is 21.3. The molecule has 1 aliphatic carbocycles. The van der Waals surface area contributed by atoms with E-state index in [1.165, 1.54) is 12.2 Å². The third-order valence-corrected chi connectivity index (χ3v) is 6.83. The van der Waals surface area contributed by atoms with E-state index in [1.807, 2.05) is 31.2 Å². The third-order valence-electron chi connectivity index (χ3n) is 6.83. The Morgan fingerprint density at radius 1 is 1.17 bits per heavy atom. The summed E-state index contributed by atoms with van der Waals surface area (Å²) in [6.07, 6.45) is 5.35. The number of carbonyl (C=O) groups excluding carboxylic acids is 1. The fourth-order valence-electron chi connectivity index (χ4n) is 4.99. The van der Waals surface area contributed by atoms with Crippen molar-refractivity contribution in [1.82, 2.24) is 9.80 Å². The molecule has 0 bridgehead atoms. The monoisotopic (exact) mass is 416 g/mol. The lowest BCUT2D eigenvalue weighted by Crippen LogP contribution is -2.47. The van der Waals surface area contributed by atoms with Crippen LogP contribution < -0.4 is 0 Å². The molecule has 4 nitrogen and oxygen atoms in total. The molecule has 0 radical (unpaired) electrons. The van der Waals surface area contributed by atoms with Crippen LogP contribution >= 0.6 is 0 Å². The van der Waals surface area contributed by atoms with Crippen LogP contribution in [0.1, 0.15) is 43.4 Å². The lowest BCUT2D eigenvalue weighted by Gasteiger charge is -2.46. The van der Waals surface area contributed by atoms with Gasteiger partial charge in [0.25, 0.3) is 0 Å². The highest BCUT2D eigenvalue weighted by molar-refractivity contribution is 5.69. The van der Waals surface area contributed by atoms with Crippen LogP contribution in [0.15, 0.2) is 48.1 Å². The molecule has 30 heavy (non-hydrogen) atoms. The van der Waals surface area contributed by atoms with Crippen LogP contribution in [0.3, 0.4) is 0 Å². The second-order valence-corrected chi connectivity index (χ2v) is 9.12. The highest BCUT2D eigenvalue weighted by atomic mass is 19.2. The molecule has 0 N–H and O–H groups in total. The summed E-state index contributed by atoms with van der Waals surface area (Å²) in [5.74, 6) is -1.31. The molecule has 1 fully saturated rings. The average molecular weight is 417 g/mol. The van der Waals surface area contributed by atoms with E-state index < -0.39 is 23.1 Å². The molecule has 162 valence electrons. The van der Waals surface area contributed by atoms with Gasteiger partial charge in [0.05, 0.1) is 12.6 Å². The number of likely N-dealkylation sites (tertiary alicyclic amines) is 1. The van der Waals surface area contributed by atoms with Gasteiger partial charge in [-0.1, -0.05) is 31.2 Å². The van der Waals surface area contributed by atoms with E-state index in [4.69, 9.17) is 4.74 Å². The van der Waals surface area contributed by atoms with Crippen LogP contribution in [0.25, 0.3) is 0 Å². The molecule has 1 aromatic rings. The summed E-state index contributed by atoms with van der Waals surface area (Å²) in [6, 6.07) is 7.54. The number of halogens is 2. The Morgan fingerprint density at radius 3 is 2.63 bits per heavy atom. The summed E-state index contributed by atoms with van der Waals surface area (Å²) in [6.45, 7) is 4.83. The first-order chi connectivity index (χ1) is 14.4. The van der Waals surface area contributed by atoms with Gasteiger partial charge < -0.3 is 9.64 Å². The van der Waals surface area contributed by atoms with E-state index in [2.05, 4.69) is 11.9 Å². The molecule has 0 aromatic heterocycles. The molecule has 0 saturated carbocycles. The second kappa shape index (κ2) is 8.50. The Morgan fingerprint density at radius 2 is 1.90 bits per heavy atom. The third kappa shape index (κ3) is 4.15. The topological polar surface area (TPSA) is 32.8 Å². The molecule has 3 aliphatic rings. The van der Waals surface area contributed by atoms with Crippen LogP contribution in [0.2, 0.25) is 0 Å². The van der Waals surface area contributed by atoms with Gasteiger partial charge in [0.1, 0.15) is 0 Å². The van der Waals surface area contributed by atoms with Crippen molar-refractivity contribution in [3.05, 3.63) is 59.2 Å². The first kappa shape index (κ1) is 21.0. The summed E-state index contributed by atoms with van der Waals surface area (Å²) in [7, 11) is 2.10. The summed E-state index contributed by atoms with van der Waals surface area (Å²) in [5.41, 5.74) is 1.39. The Bertz CT molecular complexity index is 861. The number of allylic oxidation sites excluding steroid dienone is 3. The standard InChI is InChI=1S/C24H30F2N2O2/c1-24(11-7-20(25)21(26)15-24)22-19-6-4-3-5-18(19)10-14-28(22)23(29)30-16-17-8-12-27(2)13-9-17/h3-7,15,17,22H,8-14,16H2,1-2H3/t22-,24?/m0/s1. The number of piperidine rings is 1. The van der Waals surface area contributed by atoms with Gasteiger partial charge in [-0.15, -0.1) is 0 Å². The number of nitrogens with zero attached hydrogens (tertiary/aromatic N) is 2. The van der Waals surface area contributed by atoms with Crippen molar-refractivity contribution < 1.29 is 18.3 Å². The average Bonchev–Trinajstić information content (AvgIpc) is 2.75. The molecule has 2 heterocycles. The maximum absolute atomic E-state index is 14.2. The first-order valence-corrected chi connectivity index (χ1v) is 10.8. The number of amides is 1. The van der Waals surface area contributed by atoms with Gasteiger partial charge in [0.2, 0.25) is 0 Å². The molecule has 0 spiro atoms. The summed E-state index contributed by atoms with van der Waals surface area (Å²) < 4.78 is 33.7. The van der Waals surface area contributed by atoms with Crippen molar-refractivity contribution in [1.29, 1.82) is 0 Å². The number of benzene rings is 1. The van der Waals surface area contributed by atoms with E-state index >= 15 is 0 Å². The molecular formula is C24H30F2N2O2. The summed E-state index contributed by atoms with van der Waals surface area (Å²) >= 11 is 0. The minimum atomic E-state index is -0.855. The lowest BCUT2D eigenvalue weighted by atomic mass is 9.70. The van der Waals surface area contributed by atoms with Gasteiger partial charge >= 0.3 is 6.09 Å². The van der Waals surface area contributed by atoms with Crippen molar-refractivity contribution in [2.45, 2.75) is 38.6 Å². The molecular weight excluding hydrogens is 386 g/mol. The number of hydrogen-bond acceptors (Lipinski definition) is 3. The summed E-state index contributed by atoms with van der Waals surface area (Å²) in [5, 5.41) is 0. The number of rotatable bonds is 3. The van der Waals surface area contributed by atoms with Crippen molar-refractivity contribution in [3.8, 4) is 0 Å². The minimum absolute atomic E-state index is 0.323. The predicted molar refractivity (Wildman–Crippen MR) is 112 cm³/mol. The Labute approximate surface area is 177 Å². The molecule has 4 rings (SSSR count). The van der Waals surface area contributed by atoms with E-state index in [0.29, 0.717) is 25.5 Å². The van der Waals surface area contributed by atoms with Crippen LogP contribution in [-0.4, -0.2) is 49.2 Å². The number of fused-ring (bicyclic) bond motifs is 1. The Balaban J connectivity index is 1.56. The van der Waals surface area contributed by atoms with Gasteiger partial charge in [0.15, 0.2) is 11.7 Å². The predicted octanol–water partition coefficient (Wildman–Crippen LogP) is 5.18. The van der Waals surface area contributed by atoms with E-state index in [1.54, 1.807) is 4.90 Å². The fraction of sp³-hybridized carbons (Fsp3) is 0.542. The van der Waals surface area contributed by atoms with Crippen LogP contribution in [0, 0.1) is 11.3 Å². The maximum atomic E-state index is 14.2. The Kier molecular flexibility index (Phi) is 5.96. The maximum Gasteiger partial charge on any atom is 0.410 e. The van der Waals surface area contributed by atoms with E-state index in [9.17, 15) is 13.6 Å². The van der Waals surface area contributed by atoms with Crippen molar-refractivity contribution >= 4 is 6.09 Å². The van der Waals surface area contributed by atoms with Gasteiger partial charge in [-0.3, -0.25) is 4.90 Å². The van der Waals surface area contributed by atoms with Crippen molar-refractivity contribution in [2.75, 3.05) is 33.3 Å². The SMILES string of the molecule is CN1CCC(COC(=O)N2CCc3ccccc3[C@H]2C2(C)C=C(F)C(F)=CC2)CC1. The fourth-order valence-corrected chi connectivity index (χ4v) is 4.99. The second-order valence-electron chi connectivity index (χ2n) is 9.12. The molecule has 1 saturated heterocycles. The molecule has 1 unspecified atom stereocenters. The van der Waals surface area contributed by atoms with Gasteiger partial charge in [0, 0.05) is 12.0 Å². The zero-order valence-electron chi connectivity index (χ0n) is 17.7. The smallest absolute Gasteiger partial charge is 0.410 e.